The normalized spacial score (nSPS) is 12.0. The second kappa shape index (κ2) is 6.36. The number of aryl methyl sites for hydroxylation is 1. The Morgan fingerprint density at radius 3 is 2.19 bits per heavy atom. The van der Waals surface area contributed by atoms with Crippen molar-refractivity contribution in [2.45, 2.75) is 19.3 Å². The molecule has 1 atom stereocenters. The van der Waals surface area contributed by atoms with Crippen molar-refractivity contribution in [1.29, 1.82) is 0 Å². The standard InChI is InChI=1S/C20H19N/c1-16-12-13-21-20(14-16)19(18-10-6-3-7-11-18)15-17-8-4-2-5-9-17/h2-14,19H,15H2,1H3. The lowest BCUT2D eigenvalue weighted by Gasteiger charge is -2.17. The maximum atomic E-state index is 4.61. The number of benzene rings is 2. The maximum Gasteiger partial charge on any atom is 0.0484 e. The predicted octanol–water partition coefficient (Wildman–Crippen LogP) is 4.76. The van der Waals surface area contributed by atoms with Gasteiger partial charge in [0, 0.05) is 17.8 Å². The molecular formula is C20H19N. The lowest BCUT2D eigenvalue weighted by Crippen LogP contribution is -2.07. The summed E-state index contributed by atoms with van der Waals surface area (Å²) in [4.78, 5) is 4.61. The molecule has 1 heteroatoms. The van der Waals surface area contributed by atoms with Gasteiger partial charge in [0.15, 0.2) is 0 Å². The molecule has 2 aromatic carbocycles. The highest BCUT2D eigenvalue weighted by atomic mass is 14.7. The van der Waals surface area contributed by atoms with Crippen molar-refractivity contribution in [1.82, 2.24) is 4.98 Å². The molecule has 1 unspecified atom stereocenters. The van der Waals surface area contributed by atoms with Crippen molar-refractivity contribution in [2.24, 2.45) is 0 Å². The summed E-state index contributed by atoms with van der Waals surface area (Å²) < 4.78 is 0. The van der Waals surface area contributed by atoms with E-state index in [-0.39, 0.29) is 0 Å². The van der Waals surface area contributed by atoms with Crippen molar-refractivity contribution >= 4 is 0 Å². The molecule has 104 valence electrons. The van der Waals surface area contributed by atoms with Crippen LogP contribution in [0.25, 0.3) is 0 Å². The molecule has 0 fully saturated rings. The summed E-state index contributed by atoms with van der Waals surface area (Å²) in [5.41, 5.74) is 5.06. The van der Waals surface area contributed by atoms with Crippen molar-refractivity contribution in [3.05, 3.63) is 101 Å². The highest BCUT2D eigenvalue weighted by molar-refractivity contribution is 5.33. The molecular weight excluding hydrogens is 254 g/mol. The van der Waals surface area contributed by atoms with Crippen LogP contribution in [0.4, 0.5) is 0 Å². The number of nitrogens with zero attached hydrogens (tertiary/aromatic N) is 1. The summed E-state index contributed by atoms with van der Waals surface area (Å²) in [6.07, 6.45) is 2.88. The van der Waals surface area contributed by atoms with Gasteiger partial charge in [0.25, 0.3) is 0 Å². The highest BCUT2D eigenvalue weighted by Crippen LogP contribution is 2.27. The first-order valence-electron chi connectivity index (χ1n) is 7.34. The van der Waals surface area contributed by atoms with Crippen LogP contribution < -0.4 is 0 Å². The molecule has 0 amide bonds. The van der Waals surface area contributed by atoms with E-state index in [0.29, 0.717) is 5.92 Å². The smallest absolute Gasteiger partial charge is 0.0484 e. The largest absolute Gasteiger partial charge is 0.261 e. The van der Waals surface area contributed by atoms with Gasteiger partial charge in [0.05, 0.1) is 0 Å². The van der Waals surface area contributed by atoms with Crippen LogP contribution in [0.3, 0.4) is 0 Å². The lowest BCUT2D eigenvalue weighted by molar-refractivity contribution is 0.772. The number of hydrogen-bond donors (Lipinski definition) is 0. The molecule has 0 saturated carbocycles. The highest BCUT2D eigenvalue weighted by Gasteiger charge is 2.16. The van der Waals surface area contributed by atoms with Crippen LogP contribution in [0.15, 0.2) is 79.0 Å². The topological polar surface area (TPSA) is 12.9 Å². The Morgan fingerprint density at radius 2 is 1.52 bits per heavy atom. The molecule has 0 radical (unpaired) electrons. The minimum Gasteiger partial charge on any atom is -0.261 e. The van der Waals surface area contributed by atoms with Gasteiger partial charge in [-0.15, -0.1) is 0 Å². The van der Waals surface area contributed by atoms with Crippen LogP contribution in [0.1, 0.15) is 28.3 Å². The second-order valence-electron chi connectivity index (χ2n) is 5.41. The zero-order valence-corrected chi connectivity index (χ0v) is 12.2. The van der Waals surface area contributed by atoms with E-state index in [1.165, 1.54) is 16.7 Å². The van der Waals surface area contributed by atoms with Crippen LogP contribution in [-0.4, -0.2) is 4.98 Å². The average molecular weight is 273 g/mol. The molecule has 1 aromatic heterocycles. The van der Waals surface area contributed by atoms with E-state index in [9.17, 15) is 0 Å². The summed E-state index contributed by atoms with van der Waals surface area (Å²) >= 11 is 0. The van der Waals surface area contributed by atoms with Gasteiger partial charge < -0.3 is 0 Å². The van der Waals surface area contributed by atoms with Gasteiger partial charge in [-0.05, 0) is 42.2 Å². The van der Waals surface area contributed by atoms with E-state index in [0.717, 1.165) is 12.1 Å². The third-order valence-corrected chi connectivity index (χ3v) is 3.78. The summed E-state index contributed by atoms with van der Waals surface area (Å²) in [6, 6.07) is 25.5. The monoisotopic (exact) mass is 273 g/mol. The van der Waals surface area contributed by atoms with E-state index in [4.69, 9.17) is 0 Å². The quantitative estimate of drug-likeness (QED) is 0.667. The molecule has 0 aliphatic heterocycles. The fraction of sp³-hybridized carbons (Fsp3) is 0.150. The number of aromatic nitrogens is 1. The van der Waals surface area contributed by atoms with Crippen molar-refractivity contribution in [3.63, 3.8) is 0 Å². The van der Waals surface area contributed by atoms with Gasteiger partial charge >= 0.3 is 0 Å². The molecule has 21 heavy (non-hydrogen) atoms. The second-order valence-corrected chi connectivity index (χ2v) is 5.41. The molecule has 0 bridgehead atoms. The number of pyridine rings is 1. The van der Waals surface area contributed by atoms with Gasteiger partial charge in [-0.3, -0.25) is 4.98 Å². The van der Waals surface area contributed by atoms with Crippen molar-refractivity contribution < 1.29 is 0 Å². The molecule has 0 aliphatic carbocycles. The fourth-order valence-corrected chi connectivity index (χ4v) is 2.68. The number of rotatable bonds is 4. The van der Waals surface area contributed by atoms with Gasteiger partial charge in [-0.2, -0.15) is 0 Å². The Morgan fingerprint density at radius 1 is 0.857 bits per heavy atom. The minimum absolute atomic E-state index is 0.300. The zero-order valence-electron chi connectivity index (χ0n) is 12.2. The molecule has 1 heterocycles. The van der Waals surface area contributed by atoms with Crippen LogP contribution >= 0.6 is 0 Å². The van der Waals surface area contributed by atoms with Gasteiger partial charge in [0.1, 0.15) is 0 Å². The van der Waals surface area contributed by atoms with Gasteiger partial charge in [-0.25, -0.2) is 0 Å². The Balaban J connectivity index is 1.99. The van der Waals surface area contributed by atoms with Crippen molar-refractivity contribution in [2.75, 3.05) is 0 Å². The van der Waals surface area contributed by atoms with Crippen LogP contribution in [0, 0.1) is 6.92 Å². The SMILES string of the molecule is Cc1ccnc(C(Cc2ccccc2)c2ccccc2)c1. The third kappa shape index (κ3) is 3.38. The maximum absolute atomic E-state index is 4.61. The molecule has 1 nitrogen and oxygen atoms in total. The van der Waals surface area contributed by atoms with Crippen molar-refractivity contribution in [3.8, 4) is 0 Å². The Kier molecular flexibility index (Phi) is 4.11. The van der Waals surface area contributed by atoms with Crippen LogP contribution in [0.5, 0.6) is 0 Å². The van der Waals surface area contributed by atoms with E-state index in [2.05, 4.69) is 78.6 Å². The van der Waals surface area contributed by atoms with E-state index >= 15 is 0 Å². The molecule has 0 saturated heterocycles. The Hall–Kier alpha value is -2.41. The predicted molar refractivity (Wildman–Crippen MR) is 87.4 cm³/mol. The van der Waals surface area contributed by atoms with E-state index < -0.39 is 0 Å². The van der Waals surface area contributed by atoms with E-state index in [1.54, 1.807) is 0 Å². The summed E-state index contributed by atoms with van der Waals surface area (Å²) in [5, 5.41) is 0. The fourth-order valence-electron chi connectivity index (χ4n) is 2.68. The first-order chi connectivity index (χ1) is 10.3. The van der Waals surface area contributed by atoms with Crippen LogP contribution in [-0.2, 0) is 6.42 Å². The number of hydrogen-bond acceptors (Lipinski definition) is 1. The summed E-state index contributed by atoms with van der Waals surface area (Å²) in [5.74, 6) is 0.300. The summed E-state index contributed by atoms with van der Waals surface area (Å²) in [6.45, 7) is 2.12. The first-order valence-corrected chi connectivity index (χ1v) is 7.34. The molecule has 0 spiro atoms. The summed E-state index contributed by atoms with van der Waals surface area (Å²) in [7, 11) is 0. The molecule has 0 aliphatic rings. The van der Waals surface area contributed by atoms with Crippen LogP contribution in [0.2, 0.25) is 0 Å². The first kappa shape index (κ1) is 13.6. The molecule has 3 rings (SSSR count). The average Bonchev–Trinajstić information content (AvgIpc) is 2.54. The Labute approximate surface area is 126 Å². The molecule has 0 N–H and O–H groups in total. The third-order valence-electron chi connectivity index (χ3n) is 3.78. The minimum atomic E-state index is 0.300. The van der Waals surface area contributed by atoms with Gasteiger partial charge in [-0.1, -0.05) is 60.7 Å². The zero-order chi connectivity index (χ0) is 14.5. The lowest BCUT2D eigenvalue weighted by atomic mass is 9.88. The Bertz CT molecular complexity index is 689. The molecule has 3 aromatic rings. The van der Waals surface area contributed by atoms with E-state index in [1.807, 2.05) is 12.3 Å². The van der Waals surface area contributed by atoms with Gasteiger partial charge in [0.2, 0.25) is 0 Å².